The highest BCUT2D eigenvalue weighted by molar-refractivity contribution is 7.89. The second kappa shape index (κ2) is 10.4. The molecule has 1 aromatic carbocycles. The van der Waals surface area contributed by atoms with E-state index in [1.807, 2.05) is 0 Å². The number of likely N-dealkylation sites (tertiary alicyclic amines) is 1. The van der Waals surface area contributed by atoms with Crippen molar-refractivity contribution in [1.29, 1.82) is 0 Å². The van der Waals surface area contributed by atoms with Crippen molar-refractivity contribution in [3.05, 3.63) is 34.4 Å². The Labute approximate surface area is 191 Å². The Morgan fingerprint density at radius 2 is 1.88 bits per heavy atom. The molecule has 0 bridgehead atoms. The number of para-hydroxylation sites is 1. The van der Waals surface area contributed by atoms with Gasteiger partial charge in [-0.15, -0.1) is 0 Å². The van der Waals surface area contributed by atoms with Crippen LogP contribution in [0.1, 0.15) is 19.8 Å². The highest BCUT2D eigenvalue weighted by atomic mass is 32.2. The summed E-state index contributed by atoms with van der Waals surface area (Å²) in [7, 11) is -4.33. The van der Waals surface area contributed by atoms with Gasteiger partial charge in [0.05, 0.1) is 24.1 Å². The van der Waals surface area contributed by atoms with E-state index in [2.05, 4.69) is 0 Å². The summed E-state index contributed by atoms with van der Waals surface area (Å²) >= 11 is 0. The van der Waals surface area contributed by atoms with E-state index in [-0.39, 0.29) is 32.0 Å². The molecule has 2 atom stereocenters. The Hall–Kier alpha value is -2.77. The molecular formula is C20H28N4O8S. The van der Waals surface area contributed by atoms with E-state index in [1.165, 1.54) is 18.2 Å². The number of benzene rings is 1. The van der Waals surface area contributed by atoms with Crippen LogP contribution in [0.5, 0.6) is 0 Å². The predicted molar refractivity (Wildman–Crippen MR) is 116 cm³/mol. The van der Waals surface area contributed by atoms with Crippen molar-refractivity contribution < 1.29 is 32.8 Å². The zero-order chi connectivity index (χ0) is 24.2. The number of nitro groups is 1. The third-order valence-electron chi connectivity index (χ3n) is 5.87. The van der Waals surface area contributed by atoms with Crippen LogP contribution in [0.15, 0.2) is 29.2 Å². The third kappa shape index (κ3) is 5.42. The van der Waals surface area contributed by atoms with Crippen LogP contribution < -0.4 is 0 Å². The SMILES string of the molecule is CCCN([C@H]1C[C@@H](C(=O)N2CCOCC2)CN(C(=O)O)C1)S(=O)(=O)c1ccccc1[N+](=O)[O-]. The zero-order valence-electron chi connectivity index (χ0n) is 18.3. The largest absolute Gasteiger partial charge is 0.465 e. The first kappa shape index (κ1) is 24.9. The first-order valence-corrected chi connectivity index (χ1v) is 12.2. The lowest BCUT2D eigenvalue weighted by Gasteiger charge is -2.42. The van der Waals surface area contributed by atoms with E-state index in [0.717, 1.165) is 15.3 Å². The van der Waals surface area contributed by atoms with Crippen molar-refractivity contribution in [1.82, 2.24) is 14.1 Å². The Bertz CT molecular complexity index is 996. The maximum absolute atomic E-state index is 13.5. The topological polar surface area (TPSA) is 151 Å². The van der Waals surface area contributed by atoms with E-state index in [9.17, 15) is 33.2 Å². The molecule has 2 amide bonds. The molecule has 2 aliphatic heterocycles. The van der Waals surface area contributed by atoms with Crippen molar-refractivity contribution >= 4 is 27.7 Å². The first-order chi connectivity index (χ1) is 15.7. The summed E-state index contributed by atoms with van der Waals surface area (Å²) in [5, 5.41) is 21.1. The lowest BCUT2D eigenvalue weighted by Crippen LogP contribution is -2.57. The summed E-state index contributed by atoms with van der Waals surface area (Å²) in [6, 6.07) is 4.23. The van der Waals surface area contributed by atoms with Gasteiger partial charge < -0.3 is 19.6 Å². The number of rotatable bonds is 7. The van der Waals surface area contributed by atoms with Crippen LogP contribution in [0.2, 0.25) is 0 Å². The van der Waals surface area contributed by atoms with Crippen LogP contribution in [0.3, 0.4) is 0 Å². The molecule has 2 heterocycles. The summed E-state index contributed by atoms with van der Waals surface area (Å²) in [6.07, 6.45) is -0.718. The van der Waals surface area contributed by atoms with Gasteiger partial charge in [0.15, 0.2) is 4.90 Å². The minimum atomic E-state index is -4.33. The average Bonchev–Trinajstić information content (AvgIpc) is 2.82. The molecule has 2 aliphatic rings. The number of carboxylic acid groups (broad SMARTS) is 1. The number of morpholine rings is 1. The highest BCUT2D eigenvalue weighted by Crippen LogP contribution is 2.31. The van der Waals surface area contributed by atoms with Gasteiger partial charge in [-0.1, -0.05) is 19.1 Å². The molecule has 0 saturated carbocycles. The smallest absolute Gasteiger partial charge is 0.407 e. The number of ether oxygens (including phenoxy) is 1. The van der Waals surface area contributed by atoms with E-state index >= 15 is 0 Å². The maximum atomic E-state index is 13.5. The monoisotopic (exact) mass is 484 g/mol. The van der Waals surface area contributed by atoms with Crippen LogP contribution in [-0.2, 0) is 19.6 Å². The van der Waals surface area contributed by atoms with Gasteiger partial charge in [-0.2, -0.15) is 4.31 Å². The van der Waals surface area contributed by atoms with E-state index in [4.69, 9.17) is 4.74 Å². The number of piperidine rings is 1. The molecule has 0 aromatic heterocycles. The number of nitro benzene ring substituents is 1. The Morgan fingerprint density at radius 3 is 2.48 bits per heavy atom. The van der Waals surface area contributed by atoms with Gasteiger partial charge >= 0.3 is 6.09 Å². The van der Waals surface area contributed by atoms with Crippen molar-refractivity contribution in [2.24, 2.45) is 5.92 Å². The molecule has 33 heavy (non-hydrogen) atoms. The van der Waals surface area contributed by atoms with Crippen molar-refractivity contribution in [2.75, 3.05) is 45.9 Å². The quantitative estimate of drug-likeness (QED) is 0.448. The first-order valence-electron chi connectivity index (χ1n) is 10.8. The molecule has 3 rings (SSSR count). The number of carbonyl (C=O) groups excluding carboxylic acids is 1. The summed E-state index contributed by atoms with van der Waals surface area (Å²) in [6.45, 7) is 3.19. The molecule has 0 radical (unpaired) electrons. The lowest BCUT2D eigenvalue weighted by molar-refractivity contribution is -0.387. The molecular weight excluding hydrogens is 456 g/mol. The van der Waals surface area contributed by atoms with Crippen molar-refractivity contribution in [3.63, 3.8) is 0 Å². The number of sulfonamides is 1. The van der Waals surface area contributed by atoms with Crippen molar-refractivity contribution in [2.45, 2.75) is 30.7 Å². The van der Waals surface area contributed by atoms with Gasteiger partial charge in [0.25, 0.3) is 5.69 Å². The Morgan fingerprint density at radius 1 is 1.21 bits per heavy atom. The molecule has 13 heteroatoms. The van der Waals surface area contributed by atoms with Crippen LogP contribution in [0, 0.1) is 16.0 Å². The molecule has 2 saturated heterocycles. The number of carbonyl (C=O) groups is 2. The standard InChI is InChI=1S/C20H28N4O8S/c1-2-7-23(33(30,31)18-6-4-3-5-17(18)24(28)29)16-12-15(13-22(14-16)20(26)27)19(25)21-8-10-32-11-9-21/h3-6,15-16H,2,7-14H2,1H3,(H,26,27)/t15-,16+/m1/s1. The molecule has 0 aliphatic carbocycles. The molecule has 0 unspecified atom stereocenters. The van der Waals surface area contributed by atoms with Gasteiger partial charge in [-0.25, -0.2) is 13.2 Å². The van der Waals surface area contributed by atoms with Crippen LogP contribution in [0.25, 0.3) is 0 Å². The molecule has 1 aromatic rings. The van der Waals surface area contributed by atoms with Crippen LogP contribution >= 0.6 is 0 Å². The molecule has 12 nitrogen and oxygen atoms in total. The maximum Gasteiger partial charge on any atom is 0.407 e. The summed E-state index contributed by atoms with van der Waals surface area (Å²) in [5.74, 6) is -0.966. The van der Waals surface area contributed by atoms with E-state index in [0.29, 0.717) is 32.7 Å². The fourth-order valence-electron chi connectivity index (χ4n) is 4.33. The summed E-state index contributed by atoms with van der Waals surface area (Å²) < 4.78 is 33.5. The normalized spacial score (nSPS) is 21.8. The Kier molecular flexibility index (Phi) is 7.87. The summed E-state index contributed by atoms with van der Waals surface area (Å²) in [5.41, 5.74) is -0.551. The van der Waals surface area contributed by atoms with Crippen LogP contribution in [-0.4, -0.2) is 96.5 Å². The molecule has 1 N–H and O–H groups in total. The molecule has 2 fully saturated rings. The fraction of sp³-hybridized carbons (Fsp3) is 0.600. The highest BCUT2D eigenvalue weighted by Gasteiger charge is 2.43. The van der Waals surface area contributed by atoms with E-state index < -0.39 is 43.6 Å². The van der Waals surface area contributed by atoms with Gasteiger partial charge in [0, 0.05) is 44.8 Å². The lowest BCUT2D eigenvalue weighted by atomic mass is 9.92. The number of amides is 2. The van der Waals surface area contributed by atoms with Gasteiger partial charge in [0.1, 0.15) is 0 Å². The third-order valence-corrected chi connectivity index (χ3v) is 7.87. The number of nitrogens with zero attached hydrogens (tertiary/aromatic N) is 4. The van der Waals surface area contributed by atoms with Gasteiger partial charge in [-0.3, -0.25) is 14.9 Å². The molecule has 182 valence electrons. The fourth-order valence-corrected chi connectivity index (χ4v) is 6.21. The van der Waals surface area contributed by atoms with Crippen molar-refractivity contribution in [3.8, 4) is 0 Å². The predicted octanol–water partition coefficient (Wildman–Crippen LogP) is 1.22. The second-order valence-corrected chi connectivity index (χ2v) is 9.91. The molecule has 0 spiro atoms. The van der Waals surface area contributed by atoms with E-state index in [1.54, 1.807) is 11.8 Å². The average molecular weight is 485 g/mol. The van der Waals surface area contributed by atoms with Gasteiger partial charge in [0.2, 0.25) is 15.9 Å². The zero-order valence-corrected chi connectivity index (χ0v) is 19.1. The summed E-state index contributed by atoms with van der Waals surface area (Å²) in [4.78, 5) is 37.8. The number of hydrogen-bond acceptors (Lipinski definition) is 7. The van der Waals surface area contributed by atoms with Crippen LogP contribution in [0.4, 0.5) is 10.5 Å². The minimum absolute atomic E-state index is 0.0327. The minimum Gasteiger partial charge on any atom is -0.465 e. The second-order valence-electron chi connectivity index (χ2n) is 8.05. The van der Waals surface area contributed by atoms with Gasteiger partial charge in [-0.05, 0) is 18.9 Å². The number of hydrogen-bond donors (Lipinski definition) is 1. The Balaban J connectivity index is 1.95.